The number of hydrogen-bond donors (Lipinski definition) is 2. The highest BCUT2D eigenvalue weighted by molar-refractivity contribution is 7.92. The van der Waals surface area contributed by atoms with Crippen LogP contribution in [0, 0.1) is 0 Å². The number of rotatable bonds is 6. The minimum absolute atomic E-state index is 0. The fourth-order valence-electron chi connectivity index (χ4n) is 3.64. The van der Waals surface area contributed by atoms with Gasteiger partial charge in [-0.2, -0.15) is 0 Å². The Morgan fingerprint density at radius 3 is 2.26 bits per heavy atom. The Hall–Kier alpha value is -3.63. The summed E-state index contributed by atoms with van der Waals surface area (Å²) < 4.78 is 30.6. The lowest BCUT2D eigenvalue weighted by molar-refractivity contribution is 0.448. The molecule has 0 spiro atoms. The first-order chi connectivity index (χ1) is 16.3. The van der Waals surface area contributed by atoms with Crippen molar-refractivity contribution in [1.82, 2.24) is 25.5 Å². The molecule has 4 aromatic rings. The fourth-order valence-corrected chi connectivity index (χ4v) is 4.70. The van der Waals surface area contributed by atoms with Gasteiger partial charge in [0.25, 0.3) is 5.89 Å². The number of nitrogens with zero attached hydrogens (tertiary/aromatic N) is 4. The van der Waals surface area contributed by atoms with E-state index < -0.39 is 15.1 Å². The van der Waals surface area contributed by atoms with Crippen LogP contribution in [0.25, 0.3) is 34.3 Å². The lowest BCUT2D eigenvalue weighted by Crippen LogP contribution is -2.39. The zero-order valence-corrected chi connectivity index (χ0v) is 19.6. The molecule has 34 heavy (non-hydrogen) atoms. The highest BCUT2D eigenvalue weighted by atomic mass is 32.2. The molecule has 0 bridgehead atoms. The molecule has 2 aromatic carbocycles. The van der Waals surface area contributed by atoms with E-state index in [9.17, 15) is 8.42 Å². The van der Waals surface area contributed by atoms with Crippen LogP contribution in [-0.4, -0.2) is 46.9 Å². The molecule has 3 N–H and O–H groups in total. The summed E-state index contributed by atoms with van der Waals surface area (Å²) in [6, 6.07) is 14.6. The number of anilines is 1. The van der Waals surface area contributed by atoms with Gasteiger partial charge in [0.1, 0.15) is 0 Å². The first-order valence-electron chi connectivity index (χ1n) is 10.9. The Bertz CT molecular complexity index is 1440. The topological polar surface area (TPSA) is 137 Å². The zero-order valence-electron chi connectivity index (χ0n) is 18.8. The molecule has 1 saturated heterocycles. The van der Waals surface area contributed by atoms with Crippen LogP contribution in [0.2, 0.25) is 0 Å². The van der Waals surface area contributed by atoms with Crippen molar-refractivity contribution in [3.8, 4) is 34.3 Å². The Morgan fingerprint density at radius 2 is 1.65 bits per heavy atom. The van der Waals surface area contributed by atoms with Gasteiger partial charge in [-0.3, -0.25) is 0 Å². The van der Waals surface area contributed by atoms with E-state index in [0.717, 1.165) is 18.7 Å². The lowest BCUT2D eigenvalue weighted by Gasteiger charge is -2.27. The average Bonchev–Trinajstić information content (AvgIpc) is 3.29. The molecule has 2 aromatic heterocycles. The lowest BCUT2D eigenvalue weighted by atomic mass is 9.93. The van der Waals surface area contributed by atoms with Crippen molar-refractivity contribution >= 4 is 15.7 Å². The van der Waals surface area contributed by atoms with Crippen LogP contribution >= 0.6 is 0 Å². The molecule has 5 rings (SSSR count). The quantitative estimate of drug-likeness (QED) is 0.417. The van der Waals surface area contributed by atoms with Gasteiger partial charge in [-0.05, 0) is 43.7 Å². The number of sulfone groups is 1. The predicted molar refractivity (Wildman–Crippen MR) is 135 cm³/mol. The summed E-state index contributed by atoms with van der Waals surface area (Å²) >= 11 is 0. The van der Waals surface area contributed by atoms with E-state index in [1.807, 2.05) is 12.1 Å². The SMILES string of the molecule is CC(C)S(=O)(=O)c1ccc(-c2cnc(N)c(-c3nnc(-c4ccc(C5CNC5)cc4)o3)n2)cc1.[HH].[HH].[HH]. The molecule has 0 unspecified atom stereocenters. The molecule has 1 aliphatic heterocycles. The fraction of sp³-hybridized carbons (Fsp3) is 0.250. The Kier molecular flexibility index (Phi) is 5.62. The van der Waals surface area contributed by atoms with E-state index in [4.69, 9.17) is 10.2 Å². The van der Waals surface area contributed by atoms with Crippen LogP contribution in [0.15, 0.2) is 64.0 Å². The summed E-state index contributed by atoms with van der Waals surface area (Å²) in [4.78, 5) is 9.05. The van der Waals surface area contributed by atoms with E-state index >= 15 is 0 Å². The van der Waals surface area contributed by atoms with Gasteiger partial charge in [-0.25, -0.2) is 18.4 Å². The second kappa shape index (κ2) is 8.62. The van der Waals surface area contributed by atoms with Crippen molar-refractivity contribution in [3.63, 3.8) is 0 Å². The third-order valence-corrected chi connectivity index (χ3v) is 8.11. The van der Waals surface area contributed by atoms with Crippen molar-refractivity contribution in [2.45, 2.75) is 29.9 Å². The van der Waals surface area contributed by atoms with E-state index in [0.29, 0.717) is 23.1 Å². The second-order valence-corrected chi connectivity index (χ2v) is 11.0. The number of nitrogens with one attached hydrogen (secondary N) is 1. The summed E-state index contributed by atoms with van der Waals surface area (Å²) in [5.41, 5.74) is 9.60. The monoisotopic (exact) mass is 482 g/mol. The first-order valence-corrected chi connectivity index (χ1v) is 12.5. The number of nitrogens with two attached hydrogens (primary N) is 1. The molecule has 3 heterocycles. The van der Waals surface area contributed by atoms with Crippen LogP contribution < -0.4 is 11.1 Å². The number of nitrogen functional groups attached to an aromatic ring is 1. The van der Waals surface area contributed by atoms with Gasteiger partial charge in [0, 0.05) is 34.4 Å². The maximum Gasteiger partial charge on any atom is 0.270 e. The predicted octanol–water partition coefficient (Wildman–Crippen LogP) is 4.05. The Labute approximate surface area is 201 Å². The summed E-state index contributed by atoms with van der Waals surface area (Å²) in [7, 11) is -3.36. The highest BCUT2D eigenvalue weighted by Crippen LogP contribution is 2.29. The number of aromatic nitrogens is 4. The van der Waals surface area contributed by atoms with Gasteiger partial charge in [-0.1, -0.05) is 24.3 Å². The van der Waals surface area contributed by atoms with E-state index in [2.05, 4.69) is 37.6 Å². The minimum Gasteiger partial charge on any atom is -0.414 e. The van der Waals surface area contributed by atoms with Gasteiger partial charge in [-0.15, -0.1) is 10.2 Å². The van der Waals surface area contributed by atoms with Crippen LogP contribution in [0.4, 0.5) is 5.82 Å². The van der Waals surface area contributed by atoms with Gasteiger partial charge in [0.15, 0.2) is 21.3 Å². The molecule has 0 saturated carbocycles. The first kappa shape index (κ1) is 22.2. The van der Waals surface area contributed by atoms with Crippen LogP contribution in [0.3, 0.4) is 0 Å². The highest BCUT2D eigenvalue weighted by Gasteiger charge is 2.21. The summed E-state index contributed by atoms with van der Waals surface area (Å²) in [6.07, 6.45) is 1.52. The maximum absolute atomic E-state index is 12.4. The smallest absolute Gasteiger partial charge is 0.270 e. The number of benzene rings is 2. The molecular formula is C24H30N6O3S. The summed E-state index contributed by atoms with van der Waals surface area (Å²) in [5.74, 6) is 1.23. The van der Waals surface area contributed by atoms with Gasteiger partial charge in [0.2, 0.25) is 5.89 Å². The molecule has 0 amide bonds. The van der Waals surface area contributed by atoms with Gasteiger partial charge < -0.3 is 15.5 Å². The van der Waals surface area contributed by atoms with Gasteiger partial charge >= 0.3 is 0 Å². The zero-order chi connectivity index (χ0) is 23.9. The third kappa shape index (κ3) is 4.06. The largest absolute Gasteiger partial charge is 0.414 e. The maximum atomic E-state index is 12.4. The minimum atomic E-state index is -3.36. The van der Waals surface area contributed by atoms with E-state index in [1.54, 1.807) is 38.1 Å². The summed E-state index contributed by atoms with van der Waals surface area (Å²) in [5, 5.41) is 11.0. The Morgan fingerprint density at radius 1 is 1.00 bits per heavy atom. The second-order valence-electron chi connectivity index (χ2n) is 8.50. The molecule has 1 aliphatic rings. The standard InChI is InChI=1S/C24H24N6O3S.3H2/c1-14(2)34(31,32)19-9-7-16(8-10-19)20-13-27-22(25)21(28-20)24-30-29-23(33-24)17-5-3-15(4-6-17)18-11-26-12-18;;;/h3-10,13-14,18,26H,11-12H2,1-2H3,(H2,25,27);3*1H. The van der Waals surface area contributed by atoms with Crippen molar-refractivity contribution < 1.29 is 17.1 Å². The molecule has 0 atom stereocenters. The van der Waals surface area contributed by atoms with Crippen molar-refractivity contribution in [2.24, 2.45) is 0 Å². The van der Waals surface area contributed by atoms with Crippen LogP contribution in [0.5, 0.6) is 0 Å². The van der Waals surface area contributed by atoms with Crippen LogP contribution in [0.1, 0.15) is 29.6 Å². The van der Waals surface area contributed by atoms with E-state index in [1.165, 1.54) is 11.8 Å². The van der Waals surface area contributed by atoms with Crippen molar-refractivity contribution in [1.29, 1.82) is 0 Å². The van der Waals surface area contributed by atoms with Crippen LogP contribution in [-0.2, 0) is 9.84 Å². The van der Waals surface area contributed by atoms with Gasteiger partial charge in [0.05, 0.1) is 22.0 Å². The summed E-state index contributed by atoms with van der Waals surface area (Å²) in [6.45, 7) is 5.29. The molecule has 9 nitrogen and oxygen atoms in total. The van der Waals surface area contributed by atoms with Crippen molar-refractivity contribution in [2.75, 3.05) is 18.8 Å². The molecule has 10 heteroatoms. The number of hydrogen-bond acceptors (Lipinski definition) is 9. The molecule has 1 fully saturated rings. The molecule has 0 radical (unpaired) electrons. The molecular weight excluding hydrogens is 452 g/mol. The third-order valence-electron chi connectivity index (χ3n) is 5.94. The van der Waals surface area contributed by atoms with E-state index in [-0.39, 0.29) is 26.6 Å². The normalized spacial score (nSPS) is 14.3. The Balaban J connectivity index is 0.00000160. The van der Waals surface area contributed by atoms with Crippen molar-refractivity contribution in [3.05, 3.63) is 60.3 Å². The molecule has 0 aliphatic carbocycles. The average molecular weight is 483 g/mol. The molecule has 180 valence electrons.